The SMILES string of the molecule is CCc1nnc(CSCCC(C)(C)C)n1C. The molecule has 0 amide bonds. The first kappa shape index (κ1) is 13.6. The molecule has 1 aromatic heterocycles. The molecule has 0 bridgehead atoms. The van der Waals surface area contributed by atoms with E-state index in [1.54, 1.807) is 0 Å². The fourth-order valence-electron chi connectivity index (χ4n) is 1.37. The van der Waals surface area contributed by atoms with Crippen molar-refractivity contribution in [3.8, 4) is 0 Å². The molecule has 1 aromatic rings. The molecule has 3 nitrogen and oxygen atoms in total. The molecule has 1 heterocycles. The second-order valence-corrected chi connectivity index (χ2v) is 6.41. The summed E-state index contributed by atoms with van der Waals surface area (Å²) < 4.78 is 2.12. The van der Waals surface area contributed by atoms with Crippen molar-refractivity contribution in [3.05, 3.63) is 11.6 Å². The van der Waals surface area contributed by atoms with E-state index in [0.29, 0.717) is 5.41 Å². The van der Waals surface area contributed by atoms with Crippen molar-refractivity contribution in [2.45, 2.75) is 46.3 Å². The molecule has 4 heteroatoms. The highest BCUT2D eigenvalue weighted by Crippen LogP contribution is 2.22. The summed E-state index contributed by atoms with van der Waals surface area (Å²) in [7, 11) is 2.05. The van der Waals surface area contributed by atoms with Crippen LogP contribution >= 0.6 is 11.8 Å². The highest BCUT2D eigenvalue weighted by Gasteiger charge is 2.11. The van der Waals surface area contributed by atoms with E-state index in [1.165, 1.54) is 12.2 Å². The van der Waals surface area contributed by atoms with Crippen LogP contribution in [0.4, 0.5) is 0 Å². The fourth-order valence-corrected chi connectivity index (χ4v) is 2.71. The van der Waals surface area contributed by atoms with Gasteiger partial charge in [0.15, 0.2) is 0 Å². The number of aryl methyl sites for hydroxylation is 1. The van der Waals surface area contributed by atoms with Gasteiger partial charge in [-0.25, -0.2) is 0 Å². The maximum atomic E-state index is 4.21. The van der Waals surface area contributed by atoms with Crippen LogP contribution in [0.15, 0.2) is 0 Å². The van der Waals surface area contributed by atoms with Gasteiger partial charge in [-0.2, -0.15) is 11.8 Å². The Bertz CT molecular complexity index is 325. The van der Waals surface area contributed by atoms with E-state index in [-0.39, 0.29) is 0 Å². The molecule has 0 N–H and O–H groups in total. The molecule has 0 aliphatic heterocycles. The van der Waals surface area contributed by atoms with Gasteiger partial charge in [-0.05, 0) is 17.6 Å². The number of nitrogens with zero attached hydrogens (tertiary/aromatic N) is 3. The molecule has 0 unspecified atom stereocenters. The lowest BCUT2D eigenvalue weighted by Gasteiger charge is -2.17. The number of hydrogen-bond donors (Lipinski definition) is 0. The van der Waals surface area contributed by atoms with Crippen molar-refractivity contribution in [1.29, 1.82) is 0 Å². The number of rotatable bonds is 5. The third kappa shape index (κ3) is 4.16. The minimum Gasteiger partial charge on any atom is -0.317 e. The zero-order chi connectivity index (χ0) is 12.2. The van der Waals surface area contributed by atoms with Gasteiger partial charge in [-0.3, -0.25) is 0 Å². The Morgan fingerprint density at radius 1 is 1.19 bits per heavy atom. The molecule has 92 valence electrons. The molecular weight excluding hydrogens is 218 g/mol. The number of hydrogen-bond acceptors (Lipinski definition) is 3. The van der Waals surface area contributed by atoms with Gasteiger partial charge >= 0.3 is 0 Å². The Morgan fingerprint density at radius 2 is 1.81 bits per heavy atom. The fraction of sp³-hybridized carbons (Fsp3) is 0.833. The summed E-state index contributed by atoms with van der Waals surface area (Å²) in [4.78, 5) is 0. The van der Waals surface area contributed by atoms with Gasteiger partial charge in [-0.1, -0.05) is 27.7 Å². The molecule has 0 saturated carbocycles. The summed E-state index contributed by atoms with van der Waals surface area (Å²) in [6.07, 6.45) is 2.20. The Labute approximate surface area is 103 Å². The highest BCUT2D eigenvalue weighted by molar-refractivity contribution is 7.98. The van der Waals surface area contributed by atoms with Crippen molar-refractivity contribution in [1.82, 2.24) is 14.8 Å². The molecule has 0 atom stereocenters. The highest BCUT2D eigenvalue weighted by atomic mass is 32.2. The maximum Gasteiger partial charge on any atom is 0.142 e. The Balaban J connectivity index is 2.35. The predicted octanol–water partition coefficient (Wildman–Crippen LogP) is 3.05. The summed E-state index contributed by atoms with van der Waals surface area (Å²) >= 11 is 1.95. The van der Waals surface area contributed by atoms with Crippen molar-refractivity contribution in [2.75, 3.05) is 5.75 Å². The Hall–Kier alpha value is -0.510. The largest absolute Gasteiger partial charge is 0.317 e. The van der Waals surface area contributed by atoms with Crippen LogP contribution in [0.25, 0.3) is 0 Å². The monoisotopic (exact) mass is 241 g/mol. The standard InChI is InChI=1S/C12H23N3S/c1-6-10-13-14-11(15(10)5)9-16-8-7-12(2,3)4/h6-9H2,1-5H3. The second kappa shape index (κ2) is 5.71. The van der Waals surface area contributed by atoms with Crippen LogP contribution in [-0.4, -0.2) is 20.5 Å². The van der Waals surface area contributed by atoms with Crippen LogP contribution < -0.4 is 0 Å². The first-order valence-corrected chi connectivity index (χ1v) is 7.04. The van der Waals surface area contributed by atoms with Crippen LogP contribution in [0.3, 0.4) is 0 Å². The molecule has 16 heavy (non-hydrogen) atoms. The summed E-state index contributed by atoms with van der Waals surface area (Å²) in [6.45, 7) is 8.96. The van der Waals surface area contributed by atoms with Crippen LogP contribution in [0.5, 0.6) is 0 Å². The van der Waals surface area contributed by atoms with E-state index < -0.39 is 0 Å². The van der Waals surface area contributed by atoms with Crippen molar-refractivity contribution < 1.29 is 0 Å². The lowest BCUT2D eigenvalue weighted by molar-refractivity contribution is 0.401. The molecule has 0 radical (unpaired) electrons. The van der Waals surface area contributed by atoms with Gasteiger partial charge in [0.05, 0.1) is 5.75 Å². The molecule has 1 rings (SSSR count). The minimum atomic E-state index is 0.432. The van der Waals surface area contributed by atoms with Crippen molar-refractivity contribution >= 4 is 11.8 Å². The van der Waals surface area contributed by atoms with Crippen LogP contribution in [0.1, 0.15) is 45.8 Å². The van der Waals surface area contributed by atoms with Crippen LogP contribution in [0, 0.1) is 5.41 Å². The lowest BCUT2D eigenvalue weighted by atomic mass is 9.94. The van der Waals surface area contributed by atoms with E-state index in [9.17, 15) is 0 Å². The topological polar surface area (TPSA) is 30.7 Å². The van der Waals surface area contributed by atoms with Gasteiger partial charge < -0.3 is 4.57 Å². The number of aromatic nitrogens is 3. The summed E-state index contributed by atoms with van der Waals surface area (Å²) in [5.41, 5.74) is 0.432. The molecule has 0 spiro atoms. The van der Waals surface area contributed by atoms with Gasteiger partial charge in [0.25, 0.3) is 0 Å². The molecule has 0 aliphatic rings. The van der Waals surface area contributed by atoms with E-state index >= 15 is 0 Å². The smallest absolute Gasteiger partial charge is 0.142 e. The van der Waals surface area contributed by atoms with E-state index in [4.69, 9.17) is 0 Å². The average Bonchev–Trinajstić information content (AvgIpc) is 2.53. The summed E-state index contributed by atoms with van der Waals surface area (Å²) in [5.74, 6) is 4.33. The van der Waals surface area contributed by atoms with Gasteiger partial charge in [0, 0.05) is 13.5 Å². The zero-order valence-corrected chi connectivity index (χ0v) is 11.9. The van der Waals surface area contributed by atoms with Crippen LogP contribution in [-0.2, 0) is 19.2 Å². The third-order valence-corrected chi connectivity index (χ3v) is 3.55. The predicted molar refractivity (Wildman–Crippen MR) is 70.6 cm³/mol. The molecular formula is C12H23N3S. The summed E-state index contributed by atoms with van der Waals surface area (Å²) in [6, 6.07) is 0. The normalized spacial score (nSPS) is 12.1. The third-order valence-electron chi connectivity index (χ3n) is 2.60. The van der Waals surface area contributed by atoms with Gasteiger partial charge in [-0.15, -0.1) is 10.2 Å². The zero-order valence-electron chi connectivity index (χ0n) is 11.1. The van der Waals surface area contributed by atoms with Gasteiger partial charge in [0.1, 0.15) is 11.6 Å². The maximum absolute atomic E-state index is 4.21. The average molecular weight is 241 g/mol. The first-order valence-electron chi connectivity index (χ1n) is 5.89. The second-order valence-electron chi connectivity index (χ2n) is 5.31. The van der Waals surface area contributed by atoms with Crippen LogP contribution in [0.2, 0.25) is 0 Å². The van der Waals surface area contributed by atoms with Gasteiger partial charge in [0.2, 0.25) is 0 Å². The molecule has 0 fully saturated rings. The van der Waals surface area contributed by atoms with E-state index in [1.807, 2.05) is 11.8 Å². The van der Waals surface area contributed by atoms with E-state index in [0.717, 1.165) is 23.8 Å². The molecule has 0 aliphatic carbocycles. The van der Waals surface area contributed by atoms with Crippen molar-refractivity contribution in [3.63, 3.8) is 0 Å². The van der Waals surface area contributed by atoms with Crippen molar-refractivity contribution in [2.24, 2.45) is 12.5 Å². The lowest BCUT2D eigenvalue weighted by Crippen LogP contribution is -2.06. The molecule has 0 saturated heterocycles. The Kier molecular flexibility index (Phi) is 4.84. The number of thioether (sulfide) groups is 1. The first-order chi connectivity index (χ1) is 7.44. The van der Waals surface area contributed by atoms with E-state index in [2.05, 4.69) is 49.5 Å². The molecule has 0 aromatic carbocycles. The minimum absolute atomic E-state index is 0.432. The Morgan fingerprint density at radius 3 is 2.31 bits per heavy atom. The summed E-state index contributed by atoms with van der Waals surface area (Å²) in [5, 5.41) is 8.37. The quantitative estimate of drug-likeness (QED) is 0.742.